The maximum absolute atomic E-state index is 14.1. The van der Waals surface area contributed by atoms with Crippen molar-refractivity contribution in [1.29, 1.82) is 0 Å². The number of rotatable bonds is 10. The fourth-order valence-corrected chi connectivity index (χ4v) is 5.81. The summed E-state index contributed by atoms with van der Waals surface area (Å²) in [5, 5.41) is 22.4. The van der Waals surface area contributed by atoms with Gasteiger partial charge in [0.25, 0.3) is 5.56 Å². The minimum Gasteiger partial charge on any atom is -0.463 e. The first kappa shape index (κ1) is 26.6. The van der Waals surface area contributed by atoms with Gasteiger partial charge in [-0.2, -0.15) is 4.98 Å². The lowest BCUT2D eigenvalue weighted by atomic mass is 9.95. The number of hydrogen-bond acceptors (Lipinski definition) is 11. The average molecular weight is 577 g/mol. The maximum Gasteiger partial charge on any atom is 0.380 e. The Hall–Kier alpha value is -3.66. The van der Waals surface area contributed by atoms with E-state index in [1.807, 2.05) is 5.92 Å². The zero-order valence-corrected chi connectivity index (χ0v) is 22.8. The predicted molar refractivity (Wildman–Crippen MR) is 144 cm³/mol. The summed E-state index contributed by atoms with van der Waals surface area (Å²) in [6.45, 7) is 1.55. The molecular formula is C26H31N4O9P. The van der Waals surface area contributed by atoms with Crippen LogP contribution in [0.5, 0.6) is 5.75 Å². The van der Waals surface area contributed by atoms with E-state index in [1.165, 1.54) is 31.3 Å². The highest BCUT2D eigenvalue weighted by molar-refractivity contribution is 7.54. The van der Waals surface area contributed by atoms with Gasteiger partial charge >= 0.3 is 13.6 Å². The molecule has 0 saturated carbocycles. The smallest absolute Gasteiger partial charge is 0.380 e. The number of para-hydroxylation sites is 1. The summed E-state index contributed by atoms with van der Waals surface area (Å²) in [5.74, 6) is 0.0548. The summed E-state index contributed by atoms with van der Waals surface area (Å²) in [5.41, 5.74) is 2.42. The molecule has 0 spiro atoms. The number of aliphatic hydroxyl groups is 2. The second kappa shape index (κ2) is 11.4. The zero-order chi connectivity index (χ0) is 31.0. The van der Waals surface area contributed by atoms with Crippen molar-refractivity contribution in [3.63, 3.8) is 0 Å². The molecule has 0 amide bonds. The van der Waals surface area contributed by atoms with Crippen LogP contribution in [0, 0.1) is 18.3 Å². The molecule has 214 valence electrons. The van der Waals surface area contributed by atoms with E-state index in [1.54, 1.807) is 32.0 Å². The normalized spacial score (nSPS) is 26.0. The number of aliphatic hydroxyl groups excluding tert-OH is 1. The molecule has 1 fully saturated rings. The van der Waals surface area contributed by atoms with Crippen LogP contribution < -0.4 is 15.8 Å². The number of hydrogen-bond donors (Lipinski definition) is 4. The number of esters is 1. The molecule has 0 bridgehead atoms. The largest absolute Gasteiger partial charge is 0.463 e. The molecule has 1 unspecified atom stereocenters. The number of anilines is 1. The third kappa shape index (κ3) is 5.91. The van der Waals surface area contributed by atoms with Gasteiger partial charge in [-0.05, 0) is 32.0 Å². The second-order valence-corrected chi connectivity index (χ2v) is 11.5. The zero-order valence-electron chi connectivity index (χ0n) is 23.9. The number of aromatic nitrogens is 3. The number of H-pyrrole nitrogens is 1. The van der Waals surface area contributed by atoms with E-state index in [0.29, 0.717) is 0 Å². The number of carbonyl (C=O) groups excluding carboxylic acids is 1. The van der Waals surface area contributed by atoms with Gasteiger partial charge in [0.15, 0.2) is 17.5 Å². The van der Waals surface area contributed by atoms with Crippen LogP contribution in [0.15, 0.2) is 47.4 Å². The van der Waals surface area contributed by atoms with Gasteiger partial charge in [0, 0.05) is 6.20 Å². The highest BCUT2D eigenvalue weighted by atomic mass is 31.2. The highest BCUT2D eigenvalue weighted by Gasteiger charge is 2.56. The average Bonchev–Trinajstić information content (AvgIpc) is 3.42. The van der Waals surface area contributed by atoms with Gasteiger partial charge < -0.3 is 34.5 Å². The molecule has 4 rings (SSSR count). The molecule has 2 aromatic heterocycles. The first-order chi connectivity index (χ1) is 19.6. The van der Waals surface area contributed by atoms with Crippen molar-refractivity contribution in [1.82, 2.24) is 14.5 Å². The number of terminal acetylenes is 1. The van der Waals surface area contributed by atoms with E-state index in [9.17, 15) is 24.4 Å². The van der Waals surface area contributed by atoms with Gasteiger partial charge in [-0.3, -0.25) is 19.1 Å². The van der Waals surface area contributed by atoms with Crippen LogP contribution in [0.3, 0.4) is 0 Å². The number of nitrogens with one attached hydrogen (secondary N) is 1. The molecule has 1 saturated heterocycles. The van der Waals surface area contributed by atoms with Gasteiger partial charge in [0.05, 0.1) is 32.9 Å². The Morgan fingerprint density at radius 2 is 2.08 bits per heavy atom. The summed E-state index contributed by atoms with van der Waals surface area (Å²) < 4.78 is 54.4. The van der Waals surface area contributed by atoms with Crippen molar-refractivity contribution in [3.05, 3.63) is 52.9 Å². The number of aromatic amines is 1. The molecule has 3 aromatic rings. The van der Waals surface area contributed by atoms with E-state index >= 15 is 0 Å². The number of nitrogen functional groups attached to an aromatic ring is 1. The topological polar surface area (TPSA) is 188 Å². The van der Waals surface area contributed by atoms with Gasteiger partial charge in [-0.1, -0.05) is 31.0 Å². The van der Waals surface area contributed by atoms with Crippen LogP contribution in [-0.4, -0.2) is 67.4 Å². The van der Waals surface area contributed by atoms with Gasteiger partial charge in [0.1, 0.15) is 18.0 Å². The number of ether oxygens (including phenoxy) is 2. The number of benzene rings is 1. The Morgan fingerprint density at radius 3 is 2.73 bits per heavy atom. The SMILES string of the molecule is [2H]C([2H])(O[P@@](=O)(C[C@@H](C)C(=O)OC(C)C)Oc1ccccc1)[C@H]1O[C@@H](n2ccc3c(=O)[nH]c(N)nc32)C(O)(C#C)[C@H]1O. The summed E-state index contributed by atoms with van der Waals surface area (Å²) in [6.07, 6.45) is -0.0981. The molecule has 0 radical (unpaired) electrons. The summed E-state index contributed by atoms with van der Waals surface area (Å²) >= 11 is 0. The highest BCUT2D eigenvalue weighted by Crippen LogP contribution is 2.51. The molecule has 1 aromatic carbocycles. The van der Waals surface area contributed by atoms with Crippen molar-refractivity contribution < 1.29 is 40.8 Å². The van der Waals surface area contributed by atoms with Gasteiger partial charge in [0.2, 0.25) is 5.95 Å². The number of nitrogens with two attached hydrogens (primary N) is 1. The van der Waals surface area contributed by atoms with Crippen LogP contribution in [0.25, 0.3) is 11.0 Å². The minimum absolute atomic E-state index is 0.0485. The van der Waals surface area contributed by atoms with Gasteiger partial charge in [-0.25, -0.2) is 4.57 Å². The first-order valence-corrected chi connectivity index (χ1v) is 14.0. The third-order valence-corrected chi connectivity index (χ3v) is 7.89. The Balaban J connectivity index is 1.69. The summed E-state index contributed by atoms with van der Waals surface area (Å²) in [4.78, 5) is 31.2. The van der Waals surface area contributed by atoms with Crippen LogP contribution in [0.1, 0.15) is 29.7 Å². The molecule has 0 aliphatic carbocycles. The molecule has 40 heavy (non-hydrogen) atoms. The van der Waals surface area contributed by atoms with Crippen molar-refractivity contribution in [2.45, 2.75) is 50.9 Å². The van der Waals surface area contributed by atoms with Crippen LogP contribution >= 0.6 is 7.60 Å². The lowest BCUT2D eigenvalue weighted by molar-refractivity contribution is -0.151. The molecule has 1 aliphatic rings. The summed E-state index contributed by atoms with van der Waals surface area (Å²) in [6, 6.07) is 9.08. The molecule has 14 heteroatoms. The Kier molecular flexibility index (Phi) is 7.60. The Labute approximate surface area is 232 Å². The van der Waals surface area contributed by atoms with E-state index < -0.39 is 67.9 Å². The quantitative estimate of drug-likeness (QED) is 0.157. The van der Waals surface area contributed by atoms with Crippen molar-refractivity contribution in [2.24, 2.45) is 5.92 Å². The lowest BCUT2D eigenvalue weighted by Crippen LogP contribution is -2.46. The third-order valence-electron chi connectivity index (χ3n) is 6.02. The fourth-order valence-electron chi connectivity index (χ4n) is 4.10. The Morgan fingerprint density at radius 1 is 1.38 bits per heavy atom. The van der Waals surface area contributed by atoms with Crippen molar-refractivity contribution >= 4 is 30.5 Å². The van der Waals surface area contributed by atoms with E-state index in [2.05, 4.69) is 9.97 Å². The number of carbonyl (C=O) groups is 1. The monoisotopic (exact) mass is 576 g/mol. The van der Waals surface area contributed by atoms with Crippen LogP contribution in [0.2, 0.25) is 0 Å². The molecule has 1 aliphatic heterocycles. The molecular weight excluding hydrogens is 543 g/mol. The summed E-state index contributed by atoms with van der Waals surface area (Å²) in [7, 11) is -4.56. The minimum atomic E-state index is -4.56. The van der Waals surface area contributed by atoms with E-state index in [0.717, 1.165) is 4.57 Å². The number of fused-ring (bicyclic) bond motifs is 1. The standard InChI is InChI=1S/C26H31N4O9P/c1-5-26(34)20(31)19(38-24(26)30-12-11-18-21(30)28-25(27)29-22(18)32)13-36-40(35,39-17-9-7-6-8-10-17)14-16(4)23(33)37-15(2)3/h1,6-12,15-16,19-20,24,31,34H,13-14H2,2-4H3,(H3,27,28,29,32)/t16-,19-,20+,24-,26?,40+/m1/s1/i13D2. The van der Waals surface area contributed by atoms with Crippen molar-refractivity contribution in [3.8, 4) is 18.1 Å². The maximum atomic E-state index is 14.1. The predicted octanol–water partition coefficient (Wildman–Crippen LogP) is 1.81. The molecule has 6 atom stereocenters. The fraction of sp³-hybridized carbons (Fsp3) is 0.423. The van der Waals surface area contributed by atoms with E-state index in [4.69, 9.17) is 33.4 Å². The first-order valence-electron chi connectivity index (χ1n) is 13.2. The van der Waals surface area contributed by atoms with Crippen molar-refractivity contribution in [2.75, 3.05) is 18.5 Å². The molecule has 5 N–H and O–H groups in total. The number of nitrogens with zero attached hydrogens (tertiary/aromatic N) is 2. The lowest BCUT2D eigenvalue weighted by Gasteiger charge is -2.26. The van der Waals surface area contributed by atoms with Crippen LogP contribution in [-0.2, 0) is 23.4 Å². The molecule has 13 nitrogen and oxygen atoms in total. The van der Waals surface area contributed by atoms with Gasteiger partial charge in [-0.15, -0.1) is 6.42 Å². The second-order valence-electron chi connectivity index (χ2n) is 9.53. The van der Waals surface area contributed by atoms with Crippen LogP contribution in [0.4, 0.5) is 5.95 Å². The Bertz CT molecular complexity index is 1610. The van der Waals surface area contributed by atoms with E-state index in [-0.39, 0.29) is 22.7 Å². The molecule has 3 heterocycles.